The average molecular weight is 469 g/mol. The third kappa shape index (κ3) is 3.90. The topological polar surface area (TPSA) is 80.9 Å². The molecule has 1 aliphatic carbocycles. The maximum absolute atomic E-state index is 14.1. The summed E-state index contributed by atoms with van der Waals surface area (Å²) in [5, 5.41) is 11.3. The summed E-state index contributed by atoms with van der Waals surface area (Å²) in [6, 6.07) is 1.72. The van der Waals surface area contributed by atoms with E-state index in [4.69, 9.17) is 9.73 Å². The Kier molecular flexibility index (Phi) is 6.51. The molecule has 1 unspecified atom stereocenters. The Balaban J connectivity index is 1.97. The van der Waals surface area contributed by atoms with Gasteiger partial charge in [-0.15, -0.1) is 0 Å². The molecule has 1 aromatic heterocycles. The average Bonchev–Trinajstić information content (AvgIpc) is 2.84. The van der Waals surface area contributed by atoms with Crippen LogP contribution in [-0.2, 0) is 34.8 Å². The fourth-order valence-corrected chi connectivity index (χ4v) is 5.43. The van der Waals surface area contributed by atoms with E-state index < -0.39 is 17.5 Å². The highest BCUT2D eigenvalue weighted by Gasteiger charge is 2.48. The molecule has 2 atom stereocenters. The lowest BCUT2D eigenvalue weighted by atomic mass is 9.79. The minimum Gasteiger partial charge on any atom is -0.458 e. The quantitative estimate of drug-likeness (QED) is 0.641. The number of fused-ring (bicyclic) bond motifs is 2. The predicted octanol–water partition coefficient (Wildman–Crippen LogP) is 4.64. The van der Waals surface area contributed by atoms with Crippen LogP contribution in [0.2, 0.25) is 0 Å². The molecule has 0 saturated heterocycles. The molecule has 0 radical (unpaired) electrons. The third-order valence-corrected chi connectivity index (χ3v) is 7.33. The van der Waals surface area contributed by atoms with E-state index in [0.29, 0.717) is 29.1 Å². The number of pyridine rings is 1. The van der Waals surface area contributed by atoms with Crippen LogP contribution in [0.5, 0.6) is 0 Å². The molecule has 3 aliphatic rings. The van der Waals surface area contributed by atoms with Gasteiger partial charge >= 0.3 is 5.97 Å². The van der Waals surface area contributed by atoms with E-state index in [9.17, 15) is 19.1 Å². The number of carbonyl (C=O) groups is 1. The number of cyclic esters (lactones) is 1. The van der Waals surface area contributed by atoms with Crippen LogP contribution in [0.25, 0.3) is 0 Å². The molecule has 182 valence electrons. The van der Waals surface area contributed by atoms with Crippen LogP contribution < -0.4 is 5.56 Å². The van der Waals surface area contributed by atoms with Gasteiger partial charge in [0.05, 0.1) is 23.6 Å². The highest BCUT2D eigenvalue weighted by molar-refractivity contribution is 6.12. The second-order valence-electron chi connectivity index (χ2n) is 9.84. The molecular weight excluding hydrogens is 435 g/mol. The van der Waals surface area contributed by atoms with Gasteiger partial charge in [0.25, 0.3) is 5.56 Å². The number of aromatic nitrogens is 1. The number of carbonyl (C=O) groups excluding carboxylic acids is 1. The Morgan fingerprint density at radius 3 is 2.74 bits per heavy atom. The largest absolute Gasteiger partial charge is 0.458 e. The number of esters is 1. The van der Waals surface area contributed by atoms with Crippen LogP contribution in [0.4, 0.5) is 4.39 Å². The van der Waals surface area contributed by atoms with Gasteiger partial charge < -0.3 is 14.4 Å². The molecular formula is C27H33FN2O4. The highest BCUT2D eigenvalue weighted by Crippen LogP contribution is 2.39. The molecule has 4 rings (SSSR count). The molecule has 2 aliphatic heterocycles. The normalized spacial score (nSPS) is 28.3. The van der Waals surface area contributed by atoms with Gasteiger partial charge in [-0.05, 0) is 62.7 Å². The SMILES string of the molecule is C/C=C1\CCCC2=C1C(/C=C(\C)F)=N\Cc1cc3c(c(=O)n1CC2C)COC(=O)[C@]3(O)C(C)C. The Morgan fingerprint density at radius 1 is 1.35 bits per heavy atom. The molecule has 1 aromatic rings. The number of aliphatic hydroxyl groups is 1. The van der Waals surface area contributed by atoms with Gasteiger partial charge in [-0.1, -0.05) is 32.4 Å². The number of rotatable bonds is 2. The first-order valence-electron chi connectivity index (χ1n) is 12.0. The summed E-state index contributed by atoms with van der Waals surface area (Å²) in [4.78, 5) is 31.0. The first-order chi connectivity index (χ1) is 16.1. The summed E-state index contributed by atoms with van der Waals surface area (Å²) in [6.45, 7) is 9.33. The zero-order valence-corrected chi connectivity index (χ0v) is 20.6. The fraction of sp³-hybridized carbons (Fsp3) is 0.519. The number of allylic oxidation sites excluding steroid dienone is 6. The van der Waals surface area contributed by atoms with Crippen molar-refractivity contribution in [2.45, 2.75) is 79.2 Å². The minimum atomic E-state index is -1.90. The Labute approximate surface area is 199 Å². The summed E-state index contributed by atoms with van der Waals surface area (Å²) < 4.78 is 21.1. The van der Waals surface area contributed by atoms with Gasteiger partial charge in [-0.25, -0.2) is 9.18 Å². The molecule has 0 amide bonds. The van der Waals surface area contributed by atoms with Crippen molar-refractivity contribution in [3.63, 3.8) is 0 Å². The van der Waals surface area contributed by atoms with Crippen LogP contribution in [0.15, 0.2) is 50.6 Å². The monoisotopic (exact) mass is 468 g/mol. The zero-order chi connectivity index (χ0) is 24.8. The van der Waals surface area contributed by atoms with Gasteiger partial charge in [0, 0.05) is 23.4 Å². The van der Waals surface area contributed by atoms with E-state index in [1.165, 1.54) is 18.6 Å². The van der Waals surface area contributed by atoms with Crippen molar-refractivity contribution in [3.05, 3.63) is 67.9 Å². The molecule has 7 heteroatoms. The van der Waals surface area contributed by atoms with Crippen molar-refractivity contribution in [2.24, 2.45) is 16.8 Å². The van der Waals surface area contributed by atoms with Gasteiger partial charge in [0.1, 0.15) is 6.61 Å². The Morgan fingerprint density at radius 2 is 2.09 bits per heavy atom. The Bertz CT molecular complexity index is 1210. The van der Waals surface area contributed by atoms with Crippen molar-refractivity contribution in [1.82, 2.24) is 4.57 Å². The lowest BCUT2D eigenvalue weighted by Crippen LogP contribution is -2.48. The lowest BCUT2D eigenvalue weighted by Gasteiger charge is -2.36. The molecule has 6 nitrogen and oxygen atoms in total. The van der Waals surface area contributed by atoms with Crippen LogP contribution in [0, 0.1) is 11.8 Å². The van der Waals surface area contributed by atoms with Crippen LogP contribution >= 0.6 is 0 Å². The maximum Gasteiger partial charge on any atom is 0.343 e. The van der Waals surface area contributed by atoms with Crippen LogP contribution in [-0.4, -0.2) is 21.4 Å². The number of aliphatic imine (C=N–C) groups is 1. The van der Waals surface area contributed by atoms with Crippen molar-refractivity contribution < 1.29 is 19.0 Å². The van der Waals surface area contributed by atoms with E-state index in [2.05, 4.69) is 13.0 Å². The molecule has 0 saturated carbocycles. The van der Waals surface area contributed by atoms with Crippen molar-refractivity contribution >= 4 is 11.7 Å². The first kappa shape index (κ1) is 24.3. The molecule has 0 fully saturated rings. The number of hydrogen-bond donors (Lipinski definition) is 1. The van der Waals surface area contributed by atoms with E-state index in [0.717, 1.165) is 30.4 Å². The number of halogens is 1. The maximum atomic E-state index is 14.1. The fourth-order valence-electron chi connectivity index (χ4n) is 5.43. The summed E-state index contributed by atoms with van der Waals surface area (Å²) in [5.41, 5.74) is 2.91. The predicted molar refractivity (Wildman–Crippen MR) is 129 cm³/mol. The number of hydrogen-bond acceptors (Lipinski definition) is 5. The van der Waals surface area contributed by atoms with Crippen molar-refractivity contribution in [2.75, 3.05) is 0 Å². The standard InChI is InChI=1S/C27H33FN2O4/c1-6-18-8-7-9-20-16(4)13-30-19(12-29-23(24(18)20)10-17(5)28)11-22-21(25(30)31)14-34-26(32)27(22,33)15(2)3/h6,10-11,15-16,33H,7-9,12-14H2,1-5H3/b17-10+,18-6+,29-23-/t16?,27-/m0/s1. The Hall–Kier alpha value is -2.80. The van der Waals surface area contributed by atoms with E-state index >= 15 is 0 Å². The van der Waals surface area contributed by atoms with Crippen LogP contribution in [0.1, 0.15) is 70.7 Å². The van der Waals surface area contributed by atoms with Gasteiger partial charge in [-0.2, -0.15) is 0 Å². The second-order valence-corrected chi connectivity index (χ2v) is 9.84. The van der Waals surface area contributed by atoms with Gasteiger partial charge in [0.15, 0.2) is 5.60 Å². The zero-order valence-electron chi connectivity index (χ0n) is 20.6. The second kappa shape index (κ2) is 9.10. The molecule has 0 bridgehead atoms. The minimum absolute atomic E-state index is 0.0199. The third-order valence-electron chi connectivity index (χ3n) is 7.33. The number of nitrogens with zero attached hydrogens (tertiary/aromatic N) is 2. The van der Waals surface area contributed by atoms with Gasteiger partial charge in [0.2, 0.25) is 0 Å². The molecule has 1 N–H and O–H groups in total. The molecule has 0 spiro atoms. The van der Waals surface area contributed by atoms with Crippen LogP contribution in [0.3, 0.4) is 0 Å². The highest BCUT2D eigenvalue weighted by atomic mass is 19.1. The van der Waals surface area contributed by atoms with Gasteiger partial charge in [-0.3, -0.25) is 9.79 Å². The van der Waals surface area contributed by atoms with Crippen molar-refractivity contribution in [1.29, 1.82) is 0 Å². The number of ether oxygens (including phenoxy) is 1. The molecule has 3 heterocycles. The van der Waals surface area contributed by atoms with E-state index in [-0.39, 0.29) is 30.5 Å². The van der Waals surface area contributed by atoms with E-state index in [1.807, 2.05) is 6.92 Å². The summed E-state index contributed by atoms with van der Waals surface area (Å²) in [5.74, 6) is -1.55. The summed E-state index contributed by atoms with van der Waals surface area (Å²) in [7, 11) is 0. The smallest absolute Gasteiger partial charge is 0.343 e. The summed E-state index contributed by atoms with van der Waals surface area (Å²) >= 11 is 0. The lowest BCUT2D eigenvalue weighted by molar-refractivity contribution is -0.177. The molecule has 0 aromatic carbocycles. The first-order valence-corrected chi connectivity index (χ1v) is 12.0. The summed E-state index contributed by atoms with van der Waals surface area (Å²) in [6.07, 6.45) is 6.30. The van der Waals surface area contributed by atoms with E-state index in [1.54, 1.807) is 24.5 Å². The van der Waals surface area contributed by atoms with Crippen molar-refractivity contribution in [3.8, 4) is 0 Å². The molecule has 34 heavy (non-hydrogen) atoms.